The summed E-state index contributed by atoms with van der Waals surface area (Å²) in [6, 6.07) is 15.2. The summed E-state index contributed by atoms with van der Waals surface area (Å²) in [7, 11) is -3.37. The summed E-state index contributed by atoms with van der Waals surface area (Å²) in [4.78, 5) is 12.7. The Morgan fingerprint density at radius 3 is 2.69 bits per heavy atom. The van der Waals surface area contributed by atoms with Gasteiger partial charge in [-0.3, -0.25) is 4.79 Å². The molecule has 3 rings (SSSR count). The lowest BCUT2D eigenvalue weighted by Gasteiger charge is -2.31. The first-order valence-electron chi connectivity index (χ1n) is 9.94. The van der Waals surface area contributed by atoms with Gasteiger partial charge in [-0.05, 0) is 55.9 Å². The molecule has 0 saturated carbocycles. The highest BCUT2D eigenvalue weighted by Crippen LogP contribution is 2.24. The van der Waals surface area contributed by atoms with Crippen molar-refractivity contribution in [2.75, 3.05) is 24.2 Å². The summed E-state index contributed by atoms with van der Waals surface area (Å²) in [5, 5.41) is 3.46. The minimum absolute atomic E-state index is 0.101. The molecule has 1 saturated heterocycles. The molecule has 1 aliphatic rings. The molecule has 1 amide bonds. The predicted octanol–water partition coefficient (Wildman–Crippen LogP) is 4.26. The van der Waals surface area contributed by atoms with Crippen LogP contribution in [0.25, 0.3) is 0 Å². The standard InChI is InChI=1S/C22H27ClN2O3S/c1-17-11-12-20(15-21(17)23)24-22(26)19-10-5-13-25(16-19)29(27,28)14-6-9-18-7-3-2-4-8-18/h2-4,7-8,11-12,15,19H,5-6,9-10,13-14,16H2,1H3,(H,24,26). The maximum Gasteiger partial charge on any atom is 0.228 e. The van der Waals surface area contributed by atoms with Crippen molar-refractivity contribution >= 4 is 33.2 Å². The van der Waals surface area contributed by atoms with E-state index in [2.05, 4.69) is 5.32 Å². The van der Waals surface area contributed by atoms with Gasteiger partial charge in [0.05, 0.1) is 11.7 Å². The number of amides is 1. The Balaban J connectivity index is 1.55. The molecular weight excluding hydrogens is 408 g/mol. The van der Waals surface area contributed by atoms with E-state index in [0.29, 0.717) is 36.5 Å². The highest BCUT2D eigenvalue weighted by molar-refractivity contribution is 7.89. The van der Waals surface area contributed by atoms with Gasteiger partial charge < -0.3 is 5.32 Å². The first-order valence-corrected chi connectivity index (χ1v) is 11.9. The predicted molar refractivity (Wildman–Crippen MR) is 118 cm³/mol. The molecule has 7 heteroatoms. The fourth-order valence-electron chi connectivity index (χ4n) is 3.56. The van der Waals surface area contributed by atoms with Gasteiger partial charge in [0, 0.05) is 23.8 Å². The Hall–Kier alpha value is -1.89. The van der Waals surface area contributed by atoms with Crippen LogP contribution in [0.1, 0.15) is 30.4 Å². The molecule has 2 aromatic carbocycles. The number of nitrogens with zero attached hydrogens (tertiary/aromatic N) is 1. The number of anilines is 1. The molecule has 2 aromatic rings. The monoisotopic (exact) mass is 434 g/mol. The van der Waals surface area contributed by atoms with Gasteiger partial charge in [0.1, 0.15) is 0 Å². The van der Waals surface area contributed by atoms with Crippen molar-refractivity contribution < 1.29 is 13.2 Å². The highest BCUT2D eigenvalue weighted by Gasteiger charge is 2.32. The molecule has 0 spiro atoms. The van der Waals surface area contributed by atoms with E-state index in [-0.39, 0.29) is 24.1 Å². The van der Waals surface area contributed by atoms with E-state index in [1.165, 1.54) is 4.31 Å². The van der Waals surface area contributed by atoms with Crippen LogP contribution >= 0.6 is 11.6 Å². The number of nitrogens with one attached hydrogen (secondary N) is 1. The number of hydrogen-bond donors (Lipinski definition) is 1. The molecule has 29 heavy (non-hydrogen) atoms. The van der Waals surface area contributed by atoms with Crippen molar-refractivity contribution in [1.29, 1.82) is 0 Å². The van der Waals surface area contributed by atoms with Crippen LogP contribution in [0.5, 0.6) is 0 Å². The van der Waals surface area contributed by atoms with Crippen molar-refractivity contribution in [3.63, 3.8) is 0 Å². The van der Waals surface area contributed by atoms with Gasteiger partial charge in [-0.15, -0.1) is 0 Å². The molecule has 0 aliphatic carbocycles. The van der Waals surface area contributed by atoms with Crippen molar-refractivity contribution in [3.8, 4) is 0 Å². The van der Waals surface area contributed by atoms with Crippen LogP contribution in [0, 0.1) is 12.8 Å². The summed E-state index contributed by atoms with van der Waals surface area (Å²) in [5.41, 5.74) is 2.71. The second-order valence-electron chi connectivity index (χ2n) is 7.56. The summed E-state index contributed by atoms with van der Waals surface area (Å²) in [6.45, 7) is 2.61. The first kappa shape index (κ1) is 21.8. The van der Waals surface area contributed by atoms with Crippen LogP contribution in [-0.2, 0) is 21.2 Å². The third-order valence-corrected chi connectivity index (χ3v) is 7.63. The zero-order valence-corrected chi connectivity index (χ0v) is 18.2. The first-order chi connectivity index (χ1) is 13.8. The van der Waals surface area contributed by atoms with E-state index in [1.54, 1.807) is 12.1 Å². The lowest BCUT2D eigenvalue weighted by molar-refractivity contribution is -0.120. The molecule has 1 aliphatic heterocycles. The number of hydrogen-bond acceptors (Lipinski definition) is 3. The quantitative estimate of drug-likeness (QED) is 0.707. The number of sulfonamides is 1. The molecule has 1 fully saturated rings. The zero-order chi connectivity index (χ0) is 20.9. The number of rotatable bonds is 7. The van der Waals surface area contributed by atoms with E-state index >= 15 is 0 Å². The molecule has 1 heterocycles. The Kier molecular flexibility index (Phi) is 7.33. The average molecular weight is 435 g/mol. The number of aryl methyl sites for hydroxylation is 2. The van der Waals surface area contributed by atoms with Crippen molar-refractivity contribution in [3.05, 3.63) is 64.7 Å². The molecule has 156 valence electrons. The van der Waals surface area contributed by atoms with E-state index < -0.39 is 10.0 Å². The Bertz CT molecular complexity index is 948. The molecule has 1 atom stereocenters. The fraction of sp³-hybridized carbons (Fsp3) is 0.409. The van der Waals surface area contributed by atoms with E-state index in [1.807, 2.05) is 43.3 Å². The van der Waals surface area contributed by atoms with Gasteiger partial charge in [-0.25, -0.2) is 12.7 Å². The number of halogens is 1. The summed E-state index contributed by atoms with van der Waals surface area (Å²) in [6.07, 6.45) is 2.67. The molecule has 0 radical (unpaired) electrons. The van der Waals surface area contributed by atoms with Crippen LogP contribution in [0.15, 0.2) is 48.5 Å². The molecule has 5 nitrogen and oxygen atoms in total. The maximum atomic E-state index is 12.8. The fourth-order valence-corrected chi connectivity index (χ4v) is 5.32. The Morgan fingerprint density at radius 2 is 1.97 bits per heavy atom. The van der Waals surface area contributed by atoms with Gasteiger partial charge in [0.25, 0.3) is 0 Å². The van der Waals surface area contributed by atoms with Gasteiger partial charge in [0.2, 0.25) is 15.9 Å². The molecule has 0 aromatic heterocycles. The van der Waals surface area contributed by atoms with Crippen LogP contribution < -0.4 is 5.32 Å². The SMILES string of the molecule is Cc1ccc(NC(=O)C2CCCN(S(=O)(=O)CCCc3ccccc3)C2)cc1Cl. The highest BCUT2D eigenvalue weighted by atomic mass is 35.5. The topological polar surface area (TPSA) is 66.5 Å². The van der Waals surface area contributed by atoms with Gasteiger partial charge in [-0.1, -0.05) is 48.0 Å². The number of carbonyl (C=O) groups is 1. The number of piperidine rings is 1. The average Bonchev–Trinajstić information content (AvgIpc) is 2.71. The minimum Gasteiger partial charge on any atom is -0.326 e. The van der Waals surface area contributed by atoms with Crippen molar-refractivity contribution in [2.24, 2.45) is 5.92 Å². The van der Waals surface area contributed by atoms with Gasteiger partial charge in [-0.2, -0.15) is 0 Å². The minimum atomic E-state index is -3.37. The van der Waals surface area contributed by atoms with Crippen LogP contribution in [0.4, 0.5) is 5.69 Å². The summed E-state index contributed by atoms with van der Waals surface area (Å²) >= 11 is 6.12. The van der Waals surface area contributed by atoms with E-state index in [9.17, 15) is 13.2 Å². The summed E-state index contributed by atoms with van der Waals surface area (Å²) < 4.78 is 27.0. The Morgan fingerprint density at radius 1 is 1.21 bits per heavy atom. The van der Waals surface area contributed by atoms with Crippen LogP contribution in [-0.4, -0.2) is 37.5 Å². The Labute approximate surface area is 178 Å². The lowest BCUT2D eigenvalue weighted by atomic mass is 9.98. The summed E-state index contributed by atoms with van der Waals surface area (Å²) in [5.74, 6) is -0.411. The smallest absolute Gasteiger partial charge is 0.228 e. The molecular formula is C22H27ClN2O3S. The maximum absolute atomic E-state index is 12.8. The van der Waals surface area contributed by atoms with Crippen LogP contribution in [0.2, 0.25) is 5.02 Å². The number of carbonyl (C=O) groups excluding carboxylic acids is 1. The second kappa shape index (κ2) is 9.74. The number of benzene rings is 2. The molecule has 1 N–H and O–H groups in total. The lowest BCUT2D eigenvalue weighted by Crippen LogP contribution is -2.44. The molecule has 1 unspecified atom stereocenters. The largest absolute Gasteiger partial charge is 0.326 e. The second-order valence-corrected chi connectivity index (χ2v) is 10.1. The van der Waals surface area contributed by atoms with Crippen LogP contribution in [0.3, 0.4) is 0 Å². The molecule has 0 bridgehead atoms. The third-order valence-electron chi connectivity index (χ3n) is 5.30. The normalized spacial score (nSPS) is 17.8. The van der Waals surface area contributed by atoms with Crippen molar-refractivity contribution in [2.45, 2.75) is 32.6 Å². The van der Waals surface area contributed by atoms with Gasteiger partial charge in [0.15, 0.2) is 0 Å². The zero-order valence-electron chi connectivity index (χ0n) is 16.6. The third kappa shape index (κ3) is 6.04. The van der Waals surface area contributed by atoms with E-state index in [0.717, 1.165) is 17.5 Å². The van der Waals surface area contributed by atoms with Crippen molar-refractivity contribution in [1.82, 2.24) is 4.31 Å². The van der Waals surface area contributed by atoms with E-state index in [4.69, 9.17) is 11.6 Å². The van der Waals surface area contributed by atoms with Gasteiger partial charge >= 0.3 is 0 Å².